The molecule has 0 aliphatic heterocycles. The van der Waals surface area contributed by atoms with Gasteiger partial charge < -0.3 is 19.9 Å². The third-order valence-electron chi connectivity index (χ3n) is 5.43. The number of carbonyl (C=O) groups is 2. The number of hydrogen-bond acceptors (Lipinski definition) is 5. The van der Waals surface area contributed by atoms with Crippen LogP contribution in [0.4, 0.5) is 23.2 Å². The highest BCUT2D eigenvalue weighted by molar-refractivity contribution is 5.99. The number of carbonyl (C=O) groups excluding carboxylic acids is 2. The fourth-order valence-corrected chi connectivity index (χ4v) is 3.93. The fraction of sp³-hybridized carbons (Fsp3) is 0.500. The van der Waals surface area contributed by atoms with Crippen molar-refractivity contribution >= 4 is 28.5 Å². The van der Waals surface area contributed by atoms with E-state index in [9.17, 15) is 31.9 Å². The van der Waals surface area contributed by atoms with Crippen LogP contribution in [-0.4, -0.2) is 41.8 Å². The minimum atomic E-state index is -4.66. The first-order valence-electron chi connectivity index (χ1n) is 10.7. The lowest BCUT2D eigenvalue weighted by molar-refractivity contribution is -0.142. The predicted octanol–water partition coefficient (Wildman–Crippen LogP) is 3.74. The molecule has 0 unspecified atom stereocenters. The van der Waals surface area contributed by atoms with Crippen LogP contribution in [0.1, 0.15) is 49.4 Å². The highest BCUT2D eigenvalue weighted by Gasteiger charge is 2.30. The first-order chi connectivity index (χ1) is 15.6. The molecule has 1 aliphatic rings. The number of pyridine rings is 1. The van der Waals surface area contributed by atoms with Gasteiger partial charge in [-0.25, -0.2) is 4.39 Å². The molecule has 1 amide bonds. The molecule has 1 heterocycles. The maximum Gasteiger partial charge on any atom is 0.406 e. The molecule has 11 heteroatoms. The number of fused-ring (bicyclic) bond motifs is 1. The van der Waals surface area contributed by atoms with Crippen LogP contribution in [0.25, 0.3) is 10.9 Å². The van der Waals surface area contributed by atoms with Crippen LogP contribution in [0.15, 0.2) is 23.1 Å². The molecular formula is C22H25F4N3O4. The molecule has 7 nitrogen and oxygen atoms in total. The quantitative estimate of drug-likeness (QED) is 0.475. The van der Waals surface area contributed by atoms with Gasteiger partial charge in [0.25, 0.3) is 5.91 Å². The van der Waals surface area contributed by atoms with Crippen molar-refractivity contribution in [1.82, 2.24) is 9.88 Å². The molecule has 0 atom stereocenters. The van der Waals surface area contributed by atoms with Crippen LogP contribution in [0, 0.1) is 5.82 Å². The van der Waals surface area contributed by atoms with Crippen LogP contribution in [0.2, 0.25) is 0 Å². The van der Waals surface area contributed by atoms with Crippen LogP contribution in [0.5, 0.6) is 0 Å². The van der Waals surface area contributed by atoms with Crippen LogP contribution >= 0.6 is 0 Å². The average Bonchev–Trinajstić information content (AvgIpc) is 2.75. The molecule has 1 fully saturated rings. The predicted molar refractivity (Wildman–Crippen MR) is 114 cm³/mol. The van der Waals surface area contributed by atoms with Gasteiger partial charge in [0, 0.05) is 17.6 Å². The number of benzene rings is 1. The van der Waals surface area contributed by atoms with E-state index in [1.807, 2.05) is 0 Å². The van der Waals surface area contributed by atoms with Crippen molar-refractivity contribution in [3.8, 4) is 0 Å². The Kier molecular flexibility index (Phi) is 7.60. The lowest BCUT2D eigenvalue weighted by Crippen LogP contribution is -2.34. The number of aromatic nitrogens is 1. The van der Waals surface area contributed by atoms with Crippen molar-refractivity contribution in [1.29, 1.82) is 0 Å². The number of hydrogen-bond donors (Lipinski definition) is 2. The van der Waals surface area contributed by atoms with Gasteiger partial charge in [-0.05, 0) is 31.9 Å². The minimum absolute atomic E-state index is 0.00392. The topological polar surface area (TPSA) is 89.4 Å². The molecule has 33 heavy (non-hydrogen) atoms. The maximum absolute atomic E-state index is 14.8. The van der Waals surface area contributed by atoms with E-state index in [0.29, 0.717) is 4.57 Å². The third kappa shape index (κ3) is 6.23. The van der Waals surface area contributed by atoms with Gasteiger partial charge in [-0.2, -0.15) is 13.2 Å². The lowest BCUT2D eigenvalue weighted by atomic mass is 9.95. The van der Waals surface area contributed by atoms with Crippen molar-refractivity contribution in [2.45, 2.75) is 57.8 Å². The number of nitrogens with one attached hydrogen (secondary N) is 2. The standard InChI is InChI=1S/C22H25F4N3O4/c1-2-33-19(30)10-27-21(32)15-11-29(12-22(24,25)26)18-9-17(16(23)8-14(18)20(15)31)28-13-6-4-3-5-7-13/h8-9,11,13,28H,2-7,10,12H2,1H3,(H,27,32). The number of alkyl halides is 3. The van der Waals surface area contributed by atoms with Crippen molar-refractivity contribution in [3.05, 3.63) is 39.9 Å². The smallest absolute Gasteiger partial charge is 0.406 e. The molecule has 180 valence electrons. The Hall–Kier alpha value is -3.11. The number of esters is 1. The second-order valence-corrected chi connectivity index (χ2v) is 7.93. The molecule has 1 aliphatic carbocycles. The largest absolute Gasteiger partial charge is 0.465 e. The van der Waals surface area contributed by atoms with Gasteiger partial charge in [-0.1, -0.05) is 19.3 Å². The van der Waals surface area contributed by atoms with Crippen molar-refractivity contribution in [2.24, 2.45) is 0 Å². The molecule has 0 radical (unpaired) electrons. The van der Waals surface area contributed by atoms with Crippen molar-refractivity contribution < 1.29 is 31.9 Å². The van der Waals surface area contributed by atoms with E-state index in [4.69, 9.17) is 0 Å². The first kappa shape index (κ1) is 24.5. The Labute approximate surface area is 187 Å². The monoisotopic (exact) mass is 471 g/mol. The van der Waals surface area contributed by atoms with Crippen molar-refractivity contribution in [3.63, 3.8) is 0 Å². The second kappa shape index (κ2) is 10.2. The highest BCUT2D eigenvalue weighted by atomic mass is 19.4. The maximum atomic E-state index is 14.8. The molecule has 1 saturated carbocycles. The molecular weight excluding hydrogens is 446 g/mol. The zero-order valence-corrected chi connectivity index (χ0v) is 18.1. The molecule has 1 aromatic heterocycles. The summed E-state index contributed by atoms with van der Waals surface area (Å²) in [5, 5.41) is 4.81. The van der Waals surface area contributed by atoms with Gasteiger partial charge in [0.1, 0.15) is 24.5 Å². The number of rotatable bonds is 7. The van der Waals surface area contributed by atoms with E-state index in [2.05, 4.69) is 15.4 Å². The minimum Gasteiger partial charge on any atom is -0.465 e. The molecule has 0 saturated heterocycles. The molecule has 0 bridgehead atoms. The third-order valence-corrected chi connectivity index (χ3v) is 5.43. The number of amides is 1. The van der Waals surface area contributed by atoms with Crippen LogP contribution < -0.4 is 16.1 Å². The van der Waals surface area contributed by atoms with Gasteiger partial charge in [0.05, 0.1) is 17.8 Å². The zero-order chi connectivity index (χ0) is 24.2. The Morgan fingerprint density at radius 2 is 1.88 bits per heavy atom. The van der Waals surface area contributed by atoms with Gasteiger partial charge in [0.15, 0.2) is 0 Å². The Morgan fingerprint density at radius 1 is 1.18 bits per heavy atom. The summed E-state index contributed by atoms with van der Waals surface area (Å²) in [5.74, 6) is -2.63. The first-order valence-corrected chi connectivity index (χ1v) is 10.7. The summed E-state index contributed by atoms with van der Waals surface area (Å²) in [7, 11) is 0. The molecule has 0 spiro atoms. The highest BCUT2D eigenvalue weighted by Crippen LogP contribution is 2.28. The van der Waals surface area contributed by atoms with Crippen LogP contribution in [-0.2, 0) is 16.1 Å². The van der Waals surface area contributed by atoms with Gasteiger partial charge in [0.2, 0.25) is 5.43 Å². The summed E-state index contributed by atoms with van der Waals surface area (Å²) in [5.41, 5.74) is -1.72. The summed E-state index contributed by atoms with van der Waals surface area (Å²) >= 11 is 0. The van der Waals surface area contributed by atoms with E-state index in [1.54, 1.807) is 6.92 Å². The van der Waals surface area contributed by atoms with E-state index < -0.39 is 48.0 Å². The Balaban J connectivity index is 2.02. The number of halogens is 4. The van der Waals surface area contributed by atoms with Gasteiger partial charge in [-0.3, -0.25) is 14.4 Å². The van der Waals surface area contributed by atoms with Crippen molar-refractivity contribution in [2.75, 3.05) is 18.5 Å². The van der Waals surface area contributed by atoms with Crippen LogP contribution in [0.3, 0.4) is 0 Å². The second-order valence-electron chi connectivity index (χ2n) is 7.93. The van der Waals surface area contributed by atoms with Gasteiger partial charge in [-0.15, -0.1) is 0 Å². The normalized spacial score (nSPS) is 14.8. The van der Waals surface area contributed by atoms with E-state index in [-0.39, 0.29) is 29.2 Å². The molecule has 3 rings (SSSR count). The van der Waals surface area contributed by atoms with E-state index in [0.717, 1.165) is 44.4 Å². The Morgan fingerprint density at radius 3 is 2.52 bits per heavy atom. The number of anilines is 1. The number of nitrogens with zero attached hydrogens (tertiary/aromatic N) is 1. The van der Waals surface area contributed by atoms with E-state index in [1.165, 1.54) is 6.07 Å². The summed E-state index contributed by atoms with van der Waals surface area (Å²) < 4.78 is 59.9. The Bertz CT molecular complexity index is 1090. The molecule has 2 N–H and O–H groups in total. The molecule has 1 aromatic carbocycles. The fourth-order valence-electron chi connectivity index (χ4n) is 3.93. The molecule has 2 aromatic rings. The summed E-state index contributed by atoms with van der Waals surface area (Å²) in [4.78, 5) is 36.7. The SMILES string of the molecule is CCOC(=O)CNC(=O)c1cn(CC(F)(F)F)c2cc(NC3CCCCC3)c(F)cc2c1=O. The lowest BCUT2D eigenvalue weighted by Gasteiger charge is -2.24. The number of ether oxygens (including phenoxy) is 1. The summed E-state index contributed by atoms with van der Waals surface area (Å²) in [6, 6.07) is 2.01. The summed E-state index contributed by atoms with van der Waals surface area (Å²) in [6.07, 6.45) is 0.752. The average molecular weight is 471 g/mol. The summed E-state index contributed by atoms with van der Waals surface area (Å²) in [6.45, 7) is -0.428. The van der Waals surface area contributed by atoms with Gasteiger partial charge >= 0.3 is 12.1 Å². The van der Waals surface area contributed by atoms with E-state index >= 15 is 0 Å². The zero-order valence-electron chi connectivity index (χ0n) is 18.1.